The molecule has 1 nitrogen and oxygen atoms in total. The summed E-state index contributed by atoms with van der Waals surface area (Å²) in [4.78, 5) is -1.11. The summed E-state index contributed by atoms with van der Waals surface area (Å²) in [7, 11) is 0. The third-order valence-corrected chi connectivity index (χ3v) is 2.66. The average molecular weight is 258 g/mol. The minimum absolute atomic E-state index is 0.0540. The molecule has 1 N–H and O–H groups in total. The van der Waals surface area contributed by atoms with Gasteiger partial charge in [0.1, 0.15) is 16.8 Å². The molecule has 0 spiro atoms. The Labute approximate surface area is 96.4 Å². The molecule has 0 aromatic heterocycles. The van der Waals surface area contributed by atoms with Crippen molar-refractivity contribution in [2.24, 2.45) is 0 Å². The fourth-order valence-electron chi connectivity index (χ4n) is 1.08. The molecule has 1 unspecified atom stereocenters. The van der Waals surface area contributed by atoms with Gasteiger partial charge in [0.15, 0.2) is 0 Å². The van der Waals surface area contributed by atoms with Crippen LogP contribution in [0.25, 0.3) is 0 Å². The number of aliphatic hydroxyl groups is 1. The molecule has 0 heterocycles. The maximum atomic E-state index is 13.5. The van der Waals surface area contributed by atoms with E-state index in [1.54, 1.807) is 6.92 Å². The first-order valence-corrected chi connectivity index (χ1v) is 5.11. The number of aliphatic hydroxyl groups excluding tert-OH is 1. The number of benzene rings is 1. The molecule has 0 radical (unpaired) electrons. The smallest absolute Gasteiger partial charge is 0.137 e. The maximum absolute atomic E-state index is 13.5. The summed E-state index contributed by atoms with van der Waals surface area (Å²) in [5.74, 6) is -0.573. The lowest BCUT2D eigenvalue weighted by Gasteiger charge is -2.15. The van der Waals surface area contributed by atoms with E-state index < -0.39 is 16.8 Å². The van der Waals surface area contributed by atoms with Crippen LogP contribution in [-0.4, -0.2) is 9.94 Å². The van der Waals surface area contributed by atoms with Crippen molar-refractivity contribution >= 4 is 34.8 Å². The van der Waals surface area contributed by atoms with Crippen LogP contribution in [0.2, 0.25) is 5.02 Å². The molecule has 0 fully saturated rings. The van der Waals surface area contributed by atoms with E-state index in [4.69, 9.17) is 34.8 Å². The Bertz CT molecular complexity index is 341. The van der Waals surface area contributed by atoms with Gasteiger partial charge in [-0.3, -0.25) is 0 Å². The minimum atomic E-state index is -1.31. The number of hydrogen-bond donors (Lipinski definition) is 1. The Balaban J connectivity index is 3.25. The van der Waals surface area contributed by atoms with Crippen molar-refractivity contribution in [3.8, 4) is 0 Å². The van der Waals surface area contributed by atoms with Crippen molar-refractivity contribution in [2.75, 3.05) is 0 Å². The molecule has 78 valence electrons. The predicted molar refractivity (Wildman–Crippen MR) is 56.6 cm³/mol. The van der Waals surface area contributed by atoms with E-state index in [2.05, 4.69) is 0 Å². The van der Waals surface area contributed by atoms with Crippen LogP contribution in [0.4, 0.5) is 4.39 Å². The molecular weight excluding hydrogens is 249 g/mol. The lowest BCUT2D eigenvalue weighted by Crippen LogP contribution is -2.10. The Morgan fingerprint density at radius 2 is 1.93 bits per heavy atom. The van der Waals surface area contributed by atoms with Crippen LogP contribution in [-0.2, 0) is 0 Å². The molecule has 1 atom stereocenters. The van der Waals surface area contributed by atoms with Crippen molar-refractivity contribution in [3.63, 3.8) is 0 Å². The highest BCUT2D eigenvalue weighted by Crippen LogP contribution is 2.32. The normalized spacial score (nSPS) is 13.4. The first kappa shape index (κ1) is 12.1. The summed E-state index contributed by atoms with van der Waals surface area (Å²) < 4.78 is 13.5. The molecular formula is C9H8Cl3FO. The third kappa shape index (κ3) is 2.31. The summed E-state index contributed by atoms with van der Waals surface area (Å²) in [5, 5.41) is 9.61. The zero-order valence-corrected chi connectivity index (χ0v) is 9.54. The third-order valence-electron chi connectivity index (χ3n) is 1.85. The highest BCUT2D eigenvalue weighted by molar-refractivity contribution is 6.44. The lowest BCUT2D eigenvalue weighted by atomic mass is 10.1. The maximum Gasteiger partial charge on any atom is 0.137 e. The van der Waals surface area contributed by atoms with E-state index in [9.17, 15) is 9.50 Å². The second kappa shape index (κ2) is 4.67. The van der Waals surface area contributed by atoms with E-state index in [1.807, 2.05) is 0 Å². The molecule has 0 amide bonds. The molecule has 0 aliphatic heterocycles. The van der Waals surface area contributed by atoms with Gasteiger partial charge in [0.2, 0.25) is 0 Å². The number of halogens is 4. The van der Waals surface area contributed by atoms with Crippen molar-refractivity contribution in [2.45, 2.75) is 17.9 Å². The topological polar surface area (TPSA) is 20.2 Å². The van der Waals surface area contributed by atoms with Gasteiger partial charge >= 0.3 is 0 Å². The van der Waals surface area contributed by atoms with E-state index in [-0.39, 0.29) is 10.6 Å². The summed E-state index contributed by atoms with van der Waals surface area (Å²) in [6.45, 7) is 1.57. The molecule has 0 aliphatic carbocycles. The van der Waals surface area contributed by atoms with Gasteiger partial charge in [0.25, 0.3) is 0 Å². The summed E-state index contributed by atoms with van der Waals surface area (Å²) in [6.07, 6.45) is -1.31. The minimum Gasteiger partial charge on any atom is -0.385 e. The van der Waals surface area contributed by atoms with Crippen LogP contribution in [0.1, 0.15) is 17.2 Å². The van der Waals surface area contributed by atoms with Gasteiger partial charge < -0.3 is 5.11 Å². The Morgan fingerprint density at radius 1 is 1.36 bits per heavy atom. The van der Waals surface area contributed by atoms with Gasteiger partial charge in [-0.2, -0.15) is 0 Å². The van der Waals surface area contributed by atoms with Crippen LogP contribution in [0.15, 0.2) is 12.1 Å². The lowest BCUT2D eigenvalue weighted by molar-refractivity contribution is 0.187. The van der Waals surface area contributed by atoms with E-state index in [0.29, 0.717) is 5.56 Å². The zero-order valence-electron chi connectivity index (χ0n) is 7.27. The first-order valence-electron chi connectivity index (χ1n) is 3.86. The van der Waals surface area contributed by atoms with Crippen molar-refractivity contribution in [3.05, 3.63) is 34.1 Å². The fraction of sp³-hybridized carbons (Fsp3) is 0.333. The van der Waals surface area contributed by atoms with Crippen molar-refractivity contribution in [1.29, 1.82) is 0 Å². The quantitative estimate of drug-likeness (QED) is 0.802. The average Bonchev–Trinajstić information content (AvgIpc) is 2.12. The van der Waals surface area contributed by atoms with Gasteiger partial charge in [-0.05, 0) is 18.6 Å². The molecule has 0 saturated heterocycles. The number of aryl methyl sites for hydroxylation is 1. The molecule has 0 bridgehead atoms. The highest BCUT2D eigenvalue weighted by Gasteiger charge is 2.23. The molecule has 1 aromatic carbocycles. The van der Waals surface area contributed by atoms with Crippen molar-refractivity contribution < 1.29 is 9.50 Å². The Morgan fingerprint density at radius 3 is 2.43 bits per heavy atom. The summed E-state index contributed by atoms with van der Waals surface area (Å²) >= 11 is 16.6. The molecule has 0 saturated carbocycles. The SMILES string of the molecule is Cc1ccc(Cl)c(C(O)C(Cl)Cl)c1F. The number of hydrogen-bond acceptors (Lipinski definition) is 1. The van der Waals surface area contributed by atoms with Gasteiger partial charge in [-0.15, -0.1) is 23.2 Å². The van der Waals surface area contributed by atoms with Gasteiger partial charge in [0, 0.05) is 10.6 Å². The Hall–Kier alpha value is -0.0200. The summed E-state index contributed by atoms with van der Waals surface area (Å²) in [6, 6.07) is 3.01. The predicted octanol–water partition coefficient (Wildman–Crippen LogP) is 3.62. The summed E-state index contributed by atoms with van der Waals surface area (Å²) in [5.41, 5.74) is 0.333. The van der Waals surface area contributed by atoms with Crippen molar-refractivity contribution in [1.82, 2.24) is 0 Å². The van der Waals surface area contributed by atoms with Crippen LogP contribution in [0.3, 0.4) is 0 Å². The van der Waals surface area contributed by atoms with Gasteiger partial charge in [-0.25, -0.2) is 4.39 Å². The van der Waals surface area contributed by atoms with Crippen LogP contribution >= 0.6 is 34.8 Å². The van der Waals surface area contributed by atoms with E-state index >= 15 is 0 Å². The highest BCUT2D eigenvalue weighted by atomic mass is 35.5. The Kier molecular flexibility index (Phi) is 4.02. The van der Waals surface area contributed by atoms with Crippen LogP contribution < -0.4 is 0 Å². The largest absolute Gasteiger partial charge is 0.385 e. The number of alkyl halides is 2. The monoisotopic (exact) mass is 256 g/mol. The van der Waals surface area contributed by atoms with Crippen LogP contribution in [0.5, 0.6) is 0 Å². The number of rotatable bonds is 2. The molecule has 1 aromatic rings. The standard InChI is InChI=1S/C9H8Cl3FO/c1-4-2-3-5(10)6(7(4)13)8(14)9(11)12/h2-3,8-9,14H,1H3. The second-order valence-electron chi connectivity index (χ2n) is 2.87. The molecule has 1 rings (SSSR count). The molecule has 0 aliphatic rings. The zero-order chi connectivity index (χ0) is 10.9. The van der Waals surface area contributed by atoms with E-state index in [1.165, 1.54) is 12.1 Å². The van der Waals surface area contributed by atoms with E-state index in [0.717, 1.165) is 0 Å². The molecule has 14 heavy (non-hydrogen) atoms. The fourth-order valence-corrected chi connectivity index (χ4v) is 1.59. The molecule has 5 heteroatoms. The second-order valence-corrected chi connectivity index (χ2v) is 4.44. The van der Waals surface area contributed by atoms with Gasteiger partial charge in [-0.1, -0.05) is 17.7 Å². The first-order chi connectivity index (χ1) is 6.45. The van der Waals surface area contributed by atoms with Gasteiger partial charge in [0.05, 0.1) is 0 Å². The van der Waals surface area contributed by atoms with Crippen LogP contribution in [0, 0.1) is 12.7 Å².